The molecule has 5 heterocycles. The highest BCUT2D eigenvalue weighted by Gasteiger charge is 2.46. The summed E-state index contributed by atoms with van der Waals surface area (Å²) in [4.78, 5) is 19.5. The van der Waals surface area contributed by atoms with Crippen molar-refractivity contribution in [3.63, 3.8) is 0 Å². The van der Waals surface area contributed by atoms with Gasteiger partial charge in [0.05, 0.1) is 17.7 Å². The van der Waals surface area contributed by atoms with Crippen molar-refractivity contribution in [2.24, 2.45) is 5.41 Å². The fraction of sp³-hybridized carbons (Fsp3) is 0.469. The number of hydrogen-bond donors (Lipinski definition) is 1. The van der Waals surface area contributed by atoms with Crippen molar-refractivity contribution in [3.05, 3.63) is 53.6 Å². The first kappa shape index (κ1) is 25.6. The molecule has 3 atom stereocenters. The van der Waals surface area contributed by atoms with Crippen molar-refractivity contribution in [1.82, 2.24) is 25.2 Å². The Morgan fingerprint density at radius 3 is 2.51 bits per heavy atom. The first-order chi connectivity index (χ1) is 20.0. The monoisotopic (exact) mass is 572 g/mol. The van der Waals surface area contributed by atoms with Crippen LogP contribution in [0.2, 0.25) is 5.02 Å². The van der Waals surface area contributed by atoms with Crippen LogP contribution in [-0.2, 0) is 0 Å². The third-order valence-electron chi connectivity index (χ3n) is 9.40. The van der Waals surface area contributed by atoms with Gasteiger partial charge in [0.1, 0.15) is 12.0 Å². The molecule has 2 aromatic carbocycles. The zero-order valence-electron chi connectivity index (χ0n) is 23.0. The number of nitrogens with one attached hydrogen (secondary N) is 1. The number of piperazine rings is 1. The maximum Gasteiger partial charge on any atom is 0.320 e. The fourth-order valence-electron chi connectivity index (χ4n) is 7.05. The topological polar surface area (TPSA) is 66.4 Å². The van der Waals surface area contributed by atoms with Crippen LogP contribution in [0.1, 0.15) is 32.1 Å². The van der Waals surface area contributed by atoms with E-state index in [-0.39, 0.29) is 5.41 Å². The quantitative estimate of drug-likeness (QED) is 0.307. The zero-order valence-corrected chi connectivity index (χ0v) is 23.8. The highest BCUT2D eigenvalue weighted by molar-refractivity contribution is 6.36. The minimum atomic E-state index is -0.704. The summed E-state index contributed by atoms with van der Waals surface area (Å²) in [6.45, 7) is 4.60. The van der Waals surface area contributed by atoms with Gasteiger partial charge in [0.2, 0.25) is 0 Å². The van der Waals surface area contributed by atoms with E-state index in [1.165, 1.54) is 12.8 Å². The summed E-state index contributed by atoms with van der Waals surface area (Å²) in [5.74, 6) is 0.892. The Balaban J connectivity index is 1.16. The molecule has 9 heteroatoms. The predicted octanol–water partition coefficient (Wildman–Crippen LogP) is 5.64. The number of ether oxygens (including phenoxy) is 1. The first-order valence-electron chi connectivity index (χ1n) is 14.9. The lowest BCUT2D eigenvalue weighted by Crippen LogP contribution is -2.51. The number of likely N-dealkylation sites (tertiary alicyclic amines) is 1. The van der Waals surface area contributed by atoms with Gasteiger partial charge in [0, 0.05) is 66.2 Å². The molecule has 4 aromatic rings. The fourth-order valence-corrected chi connectivity index (χ4v) is 7.34. The van der Waals surface area contributed by atoms with E-state index in [2.05, 4.69) is 45.4 Å². The molecule has 212 valence electrons. The molecule has 2 aromatic heterocycles. The number of halogens is 2. The molecule has 0 spiro atoms. The van der Waals surface area contributed by atoms with Crippen LogP contribution in [0.15, 0.2) is 48.5 Å². The molecule has 41 heavy (non-hydrogen) atoms. The second-order valence-corrected chi connectivity index (χ2v) is 12.9. The van der Waals surface area contributed by atoms with E-state index < -0.39 is 6.17 Å². The predicted molar refractivity (Wildman–Crippen MR) is 161 cm³/mol. The van der Waals surface area contributed by atoms with Crippen LogP contribution < -0.4 is 15.0 Å². The molecule has 1 saturated carbocycles. The number of aromatic nitrogens is 3. The van der Waals surface area contributed by atoms with Crippen molar-refractivity contribution in [2.75, 3.05) is 44.2 Å². The van der Waals surface area contributed by atoms with Gasteiger partial charge >= 0.3 is 6.01 Å². The van der Waals surface area contributed by atoms with E-state index in [0.29, 0.717) is 48.3 Å². The Morgan fingerprint density at radius 1 is 0.951 bits per heavy atom. The Hall–Kier alpha value is -3.07. The maximum absolute atomic E-state index is 13.8. The normalized spacial score (nSPS) is 25.3. The molecule has 0 amide bonds. The Bertz CT molecular complexity index is 1610. The van der Waals surface area contributed by atoms with Gasteiger partial charge < -0.3 is 15.0 Å². The van der Waals surface area contributed by atoms with Gasteiger partial charge in [-0.05, 0) is 55.7 Å². The molecule has 1 N–H and O–H groups in total. The van der Waals surface area contributed by atoms with E-state index in [0.717, 1.165) is 72.3 Å². The molecule has 4 aliphatic rings. The molecule has 1 aliphatic carbocycles. The van der Waals surface area contributed by atoms with E-state index in [9.17, 15) is 4.39 Å². The molecule has 3 aliphatic heterocycles. The van der Waals surface area contributed by atoms with E-state index >= 15 is 0 Å². The van der Waals surface area contributed by atoms with Crippen LogP contribution in [-0.4, -0.2) is 77.4 Å². The summed E-state index contributed by atoms with van der Waals surface area (Å²) in [6, 6.07) is 17.6. The van der Waals surface area contributed by atoms with Gasteiger partial charge in [0.25, 0.3) is 0 Å². The lowest BCUT2D eigenvalue weighted by atomic mass is 10.0. The lowest BCUT2D eigenvalue weighted by molar-refractivity contribution is 0.165. The SMILES string of the molecule is F[C@@H]1CCN(CC2(COc3nc(N4CC5CCC(C4)N5)c4ccc(-c5cccc6cccc(Cl)c56)nc4n3)CC2)C1. The second-order valence-electron chi connectivity index (χ2n) is 12.5. The zero-order chi connectivity index (χ0) is 27.6. The van der Waals surface area contributed by atoms with Gasteiger partial charge in [-0.3, -0.25) is 4.90 Å². The summed E-state index contributed by atoms with van der Waals surface area (Å²) in [6.07, 6.45) is 4.49. The van der Waals surface area contributed by atoms with Crippen LogP contribution in [0, 0.1) is 5.41 Å². The minimum absolute atomic E-state index is 0.0612. The summed E-state index contributed by atoms with van der Waals surface area (Å²) < 4.78 is 20.2. The molecule has 4 fully saturated rings. The number of alkyl halides is 1. The van der Waals surface area contributed by atoms with Gasteiger partial charge in [-0.1, -0.05) is 41.9 Å². The average molecular weight is 573 g/mol. The van der Waals surface area contributed by atoms with Gasteiger partial charge in [-0.25, -0.2) is 9.37 Å². The minimum Gasteiger partial charge on any atom is -0.463 e. The maximum atomic E-state index is 13.8. The number of hydrogen-bond acceptors (Lipinski definition) is 7. The molecule has 2 bridgehead atoms. The van der Waals surface area contributed by atoms with Crippen LogP contribution in [0.3, 0.4) is 0 Å². The average Bonchev–Trinajstić information content (AvgIpc) is 3.50. The van der Waals surface area contributed by atoms with Crippen molar-refractivity contribution in [2.45, 2.75) is 50.4 Å². The van der Waals surface area contributed by atoms with E-state index in [1.54, 1.807) is 0 Å². The molecular weight excluding hydrogens is 539 g/mol. The van der Waals surface area contributed by atoms with E-state index in [1.807, 2.05) is 18.2 Å². The lowest BCUT2D eigenvalue weighted by Gasteiger charge is -2.34. The van der Waals surface area contributed by atoms with Gasteiger partial charge in [-0.15, -0.1) is 0 Å². The largest absolute Gasteiger partial charge is 0.463 e. The van der Waals surface area contributed by atoms with Crippen LogP contribution >= 0.6 is 11.6 Å². The van der Waals surface area contributed by atoms with Gasteiger partial charge in [-0.2, -0.15) is 9.97 Å². The molecular formula is C32H34ClFN6O. The highest BCUT2D eigenvalue weighted by atomic mass is 35.5. The van der Waals surface area contributed by atoms with Crippen LogP contribution in [0.4, 0.5) is 10.2 Å². The van der Waals surface area contributed by atoms with Crippen molar-refractivity contribution < 1.29 is 9.13 Å². The number of anilines is 1. The molecule has 0 radical (unpaired) electrons. The van der Waals surface area contributed by atoms with Crippen molar-refractivity contribution in [1.29, 1.82) is 0 Å². The third-order valence-corrected chi connectivity index (χ3v) is 9.72. The second kappa shape index (κ2) is 10.0. The summed E-state index contributed by atoms with van der Waals surface area (Å²) in [7, 11) is 0. The summed E-state index contributed by atoms with van der Waals surface area (Å²) >= 11 is 6.66. The highest BCUT2D eigenvalue weighted by Crippen LogP contribution is 2.47. The number of fused-ring (bicyclic) bond motifs is 4. The summed E-state index contributed by atoms with van der Waals surface area (Å²) in [5.41, 5.74) is 2.49. The Labute approximate surface area is 244 Å². The number of nitrogens with zero attached hydrogens (tertiary/aromatic N) is 5. The van der Waals surface area contributed by atoms with E-state index in [4.69, 9.17) is 31.3 Å². The first-order valence-corrected chi connectivity index (χ1v) is 15.3. The van der Waals surface area contributed by atoms with Crippen molar-refractivity contribution >= 4 is 39.2 Å². The molecule has 8 rings (SSSR count). The number of benzene rings is 2. The Kier molecular flexibility index (Phi) is 6.27. The van der Waals surface area contributed by atoms with Crippen LogP contribution in [0.5, 0.6) is 6.01 Å². The third kappa shape index (κ3) is 4.90. The molecule has 3 saturated heterocycles. The molecule has 7 nitrogen and oxygen atoms in total. The standard InChI is InChI=1S/C32H34ClFN6O/c33-26-6-2-4-20-3-1-5-24(28(20)26)27-10-9-25-29(36-27)37-31(38-30(25)40-16-22-7-8-23(17-40)35-22)41-19-32(12-13-32)18-39-14-11-21(34)15-39/h1-6,9-10,21-23,35H,7-8,11-19H2/t21-,22?,23?/m1/s1. The Morgan fingerprint density at radius 2 is 1.76 bits per heavy atom. The van der Waals surface area contributed by atoms with Crippen LogP contribution in [0.25, 0.3) is 33.1 Å². The van der Waals surface area contributed by atoms with Gasteiger partial charge in [0.15, 0.2) is 5.65 Å². The van der Waals surface area contributed by atoms with Crippen molar-refractivity contribution in [3.8, 4) is 17.3 Å². The summed E-state index contributed by atoms with van der Waals surface area (Å²) in [5, 5.41) is 7.42. The number of pyridine rings is 1. The molecule has 2 unspecified atom stereocenters. The number of rotatable bonds is 7. The smallest absolute Gasteiger partial charge is 0.320 e.